The standard InChI is InChI=1S/C24H18ClNO2/c25-20-13-14-23(19(16-20)15-17-7-2-1-3-8-17)28-24(27)26-22-12-6-10-18-9-4-5-11-21(18)22/h1-14,16H,15H2,(H,26,27). The minimum atomic E-state index is -0.534. The van der Waals surface area contributed by atoms with Gasteiger partial charge in [-0.2, -0.15) is 0 Å². The topological polar surface area (TPSA) is 38.3 Å². The third kappa shape index (κ3) is 4.16. The average molecular weight is 388 g/mol. The van der Waals surface area contributed by atoms with Crippen LogP contribution in [0, 0.1) is 0 Å². The number of carbonyl (C=O) groups excluding carboxylic acids is 1. The highest BCUT2D eigenvalue weighted by molar-refractivity contribution is 6.30. The summed E-state index contributed by atoms with van der Waals surface area (Å²) in [5, 5.41) is 5.46. The molecule has 0 fully saturated rings. The predicted molar refractivity (Wildman–Crippen MR) is 114 cm³/mol. The Labute approximate surface area is 168 Å². The molecule has 3 nitrogen and oxygen atoms in total. The van der Waals surface area contributed by atoms with Crippen LogP contribution in [0.5, 0.6) is 5.75 Å². The van der Waals surface area contributed by atoms with Gasteiger partial charge in [-0.15, -0.1) is 0 Å². The van der Waals surface area contributed by atoms with Gasteiger partial charge in [0.1, 0.15) is 5.75 Å². The van der Waals surface area contributed by atoms with E-state index in [1.54, 1.807) is 12.1 Å². The molecule has 4 aromatic rings. The molecule has 0 aliphatic carbocycles. The summed E-state index contributed by atoms with van der Waals surface area (Å²) in [7, 11) is 0. The van der Waals surface area contributed by atoms with E-state index in [-0.39, 0.29) is 0 Å². The molecular formula is C24H18ClNO2. The number of rotatable bonds is 4. The summed E-state index contributed by atoms with van der Waals surface area (Å²) >= 11 is 6.16. The molecule has 28 heavy (non-hydrogen) atoms. The molecule has 4 heteroatoms. The van der Waals surface area contributed by atoms with Crippen molar-refractivity contribution in [2.45, 2.75) is 6.42 Å². The maximum atomic E-state index is 12.5. The molecule has 0 radical (unpaired) electrons. The van der Waals surface area contributed by atoms with Crippen molar-refractivity contribution in [2.24, 2.45) is 0 Å². The number of carbonyl (C=O) groups is 1. The predicted octanol–water partition coefficient (Wildman–Crippen LogP) is 6.69. The monoisotopic (exact) mass is 387 g/mol. The van der Waals surface area contributed by atoms with Crippen LogP contribution < -0.4 is 10.1 Å². The van der Waals surface area contributed by atoms with Crippen molar-refractivity contribution in [1.82, 2.24) is 0 Å². The van der Waals surface area contributed by atoms with Gasteiger partial charge in [0.2, 0.25) is 0 Å². The van der Waals surface area contributed by atoms with Crippen LogP contribution in [-0.4, -0.2) is 6.09 Å². The third-order valence-electron chi connectivity index (χ3n) is 4.49. The molecule has 4 aromatic carbocycles. The quantitative estimate of drug-likeness (QED) is 0.423. The van der Waals surface area contributed by atoms with Crippen LogP contribution >= 0.6 is 11.6 Å². The van der Waals surface area contributed by atoms with Gasteiger partial charge in [-0.05, 0) is 35.2 Å². The highest BCUT2D eigenvalue weighted by Gasteiger charge is 2.12. The first-order chi connectivity index (χ1) is 13.7. The number of amides is 1. The SMILES string of the molecule is O=C(Nc1cccc2ccccc12)Oc1ccc(Cl)cc1Cc1ccccc1. The van der Waals surface area contributed by atoms with E-state index in [2.05, 4.69) is 5.32 Å². The Morgan fingerprint density at radius 2 is 1.61 bits per heavy atom. The van der Waals surface area contributed by atoms with E-state index < -0.39 is 6.09 Å². The van der Waals surface area contributed by atoms with Gasteiger partial charge in [-0.1, -0.05) is 78.3 Å². The molecule has 138 valence electrons. The van der Waals surface area contributed by atoms with Crippen molar-refractivity contribution in [3.8, 4) is 5.75 Å². The van der Waals surface area contributed by atoms with Crippen LogP contribution in [0.1, 0.15) is 11.1 Å². The van der Waals surface area contributed by atoms with Crippen LogP contribution in [0.25, 0.3) is 10.8 Å². The molecule has 1 N–H and O–H groups in total. The number of hydrogen-bond acceptors (Lipinski definition) is 2. The van der Waals surface area contributed by atoms with Gasteiger partial charge in [-0.3, -0.25) is 5.32 Å². The molecule has 0 unspecified atom stereocenters. The minimum Gasteiger partial charge on any atom is -0.410 e. The van der Waals surface area contributed by atoms with Crippen LogP contribution in [0.2, 0.25) is 5.02 Å². The Bertz CT molecular complexity index is 1120. The zero-order chi connectivity index (χ0) is 19.3. The van der Waals surface area contributed by atoms with E-state index in [0.29, 0.717) is 22.9 Å². The lowest BCUT2D eigenvalue weighted by molar-refractivity contribution is 0.215. The fourth-order valence-corrected chi connectivity index (χ4v) is 3.37. The van der Waals surface area contributed by atoms with Crippen LogP contribution in [0.4, 0.5) is 10.5 Å². The summed E-state index contributed by atoms with van der Waals surface area (Å²) in [6.45, 7) is 0. The van der Waals surface area contributed by atoms with E-state index in [0.717, 1.165) is 21.9 Å². The van der Waals surface area contributed by atoms with Crippen molar-refractivity contribution in [3.05, 3.63) is 107 Å². The van der Waals surface area contributed by atoms with Crippen molar-refractivity contribution in [2.75, 3.05) is 5.32 Å². The third-order valence-corrected chi connectivity index (χ3v) is 4.72. The summed E-state index contributed by atoms with van der Waals surface area (Å²) in [6, 6.07) is 28.9. The molecule has 0 saturated heterocycles. The van der Waals surface area contributed by atoms with Gasteiger partial charge in [0.05, 0.1) is 5.69 Å². The summed E-state index contributed by atoms with van der Waals surface area (Å²) in [4.78, 5) is 12.5. The molecular weight excluding hydrogens is 370 g/mol. The Kier molecular flexibility index (Phi) is 5.27. The van der Waals surface area contributed by atoms with Gasteiger partial charge in [0, 0.05) is 22.4 Å². The lowest BCUT2D eigenvalue weighted by Crippen LogP contribution is -2.17. The van der Waals surface area contributed by atoms with Gasteiger partial charge < -0.3 is 4.74 Å². The highest BCUT2D eigenvalue weighted by Crippen LogP contribution is 2.27. The molecule has 0 atom stereocenters. The number of halogens is 1. The van der Waals surface area contributed by atoms with E-state index in [1.165, 1.54) is 0 Å². The molecule has 0 bridgehead atoms. The van der Waals surface area contributed by atoms with Crippen molar-refractivity contribution < 1.29 is 9.53 Å². The molecule has 0 aliphatic heterocycles. The molecule has 1 amide bonds. The number of fused-ring (bicyclic) bond motifs is 1. The molecule has 0 spiro atoms. The van der Waals surface area contributed by atoms with Crippen LogP contribution in [-0.2, 0) is 6.42 Å². The van der Waals surface area contributed by atoms with Crippen LogP contribution in [0.15, 0.2) is 91.0 Å². The van der Waals surface area contributed by atoms with Gasteiger partial charge in [0.25, 0.3) is 0 Å². The fraction of sp³-hybridized carbons (Fsp3) is 0.0417. The molecule has 0 saturated carbocycles. The lowest BCUT2D eigenvalue weighted by atomic mass is 10.0. The largest absolute Gasteiger partial charge is 0.417 e. The van der Waals surface area contributed by atoms with E-state index in [9.17, 15) is 4.79 Å². The molecule has 0 aromatic heterocycles. The Morgan fingerprint density at radius 1 is 0.857 bits per heavy atom. The number of anilines is 1. The number of hydrogen-bond donors (Lipinski definition) is 1. The summed E-state index contributed by atoms with van der Waals surface area (Å²) < 4.78 is 5.62. The minimum absolute atomic E-state index is 0.492. The fourth-order valence-electron chi connectivity index (χ4n) is 3.17. The van der Waals surface area contributed by atoms with E-state index in [1.807, 2.05) is 78.9 Å². The van der Waals surface area contributed by atoms with Crippen LogP contribution in [0.3, 0.4) is 0 Å². The zero-order valence-electron chi connectivity index (χ0n) is 15.1. The second kappa shape index (κ2) is 8.15. The van der Waals surface area contributed by atoms with Crippen molar-refractivity contribution in [3.63, 3.8) is 0 Å². The zero-order valence-corrected chi connectivity index (χ0v) is 15.8. The Balaban J connectivity index is 1.56. The number of nitrogens with one attached hydrogen (secondary N) is 1. The van der Waals surface area contributed by atoms with E-state index in [4.69, 9.17) is 16.3 Å². The Morgan fingerprint density at radius 3 is 2.46 bits per heavy atom. The second-order valence-corrected chi connectivity index (χ2v) is 6.89. The summed E-state index contributed by atoms with van der Waals surface area (Å²) in [5.74, 6) is 0.492. The highest BCUT2D eigenvalue weighted by atomic mass is 35.5. The summed E-state index contributed by atoms with van der Waals surface area (Å²) in [6.07, 6.45) is 0.0890. The van der Waals surface area contributed by atoms with Crippen molar-refractivity contribution in [1.29, 1.82) is 0 Å². The number of benzene rings is 4. The van der Waals surface area contributed by atoms with E-state index >= 15 is 0 Å². The first-order valence-electron chi connectivity index (χ1n) is 8.98. The average Bonchev–Trinajstić information content (AvgIpc) is 2.71. The molecule has 0 aliphatic rings. The van der Waals surface area contributed by atoms with Gasteiger partial charge in [-0.25, -0.2) is 4.79 Å². The maximum absolute atomic E-state index is 12.5. The lowest BCUT2D eigenvalue weighted by Gasteiger charge is -2.13. The first-order valence-corrected chi connectivity index (χ1v) is 9.36. The van der Waals surface area contributed by atoms with Crippen molar-refractivity contribution >= 4 is 34.2 Å². The normalized spacial score (nSPS) is 10.6. The van der Waals surface area contributed by atoms with Gasteiger partial charge in [0.15, 0.2) is 0 Å². The number of ether oxygens (including phenoxy) is 1. The first kappa shape index (κ1) is 18.1. The second-order valence-electron chi connectivity index (χ2n) is 6.46. The summed E-state index contributed by atoms with van der Waals surface area (Å²) in [5.41, 5.74) is 2.68. The maximum Gasteiger partial charge on any atom is 0.417 e. The smallest absolute Gasteiger partial charge is 0.410 e. The molecule has 0 heterocycles. The van der Waals surface area contributed by atoms with Gasteiger partial charge >= 0.3 is 6.09 Å². The Hall–Kier alpha value is -3.30. The molecule has 4 rings (SSSR count).